The van der Waals surface area contributed by atoms with Crippen LogP contribution in [0.5, 0.6) is 0 Å². The van der Waals surface area contributed by atoms with Crippen LogP contribution in [-0.2, 0) is 11.2 Å². The molecule has 4 aromatic rings. The first-order valence-electron chi connectivity index (χ1n) is 9.70. The number of benzene rings is 2. The third-order valence-electron chi connectivity index (χ3n) is 4.58. The maximum atomic E-state index is 12.1. The Morgan fingerprint density at radius 2 is 1.93 bits per heavy atom. The minimum absolute atomic E-state index is 0.240. The number of hydrogen-bond acceptors (Lipinski definition) is 4. The lowest BCUT2D eigenvalue weighted by Gasteiger charge is -2.02. The summed E-state index contributed by atoms with van der Waals surface area (Å²) in [5.41, 5.74) is 4.37. The Bertz CT molecular complexity index is 1130. The van der Waals surface area contributed by atoms with Gasteiger partial charge in [-0.1, -0.05) is 25.5 Å². The van der Waals surface area contributed by atoms with Crippen LogP contribution in [0.4, 0.5) is 5.69 Å². The lowest BCUT2D eigenvalue weighted by Crippen LogP contribution is -2.07. The number of aromatic nitrogens is 3. The minimum atomic E-state index is -0.240. The van der Waals surface area contributed by atoms with Crippen molar-refractivity contribution in [3.05, 3.63) is 78.3 Å². The molecule has 0 bridgehead atoms. The number of nitrogens with one attached hydrogen (secondary N) is 1. The van der Waals surface area contributed by atoms with Crippen LogP contribution in [0, 0.1) is 0 Å². The number of amides is 1. The highest BCUT2D eigenvalue weighted by atomic mass is 16.3. The molecule has 0 unspecified atom stereocenters. The Hall–Kier alpha value is -3.67. The molecule has 1 N–H and O–H groups in total. The Labute approximate surface area is 168 Å². The number of aryl methyl sites for hydroxylation is 1. The fraction of sp³-hybridized carbons (Fsp3) is 0.174. The number of carbonyl (C=O) groups is 1. The summed E-state index contributed by atoms with van der Waals surface area (Å²) in [4.78, 5) is 13.7. The topological polar surface area (TPSA) is 73.0 Å². The van der Waals surface area contributed by atoms with Crippen LogP contribution < -0.4 is 5.32 Å². The molecule has 0 aliphatic carbocycles. The summed E-state index contributed by atoms with van der Waals surface area (Å²) in [6, 6.07) is 17.3. The Kier molecular flexibility index (Phi) is 5.52. The molecule has 29 heavy (non-hydrogen) atoms. The van der Waals surface area contributed by atoms with Crippen LogP contribution in [0.2, 0.25) is 0 Å². The highest BCUT2D eigenvalue weighted by molar-refractivity contribution is 6.02. The highest BCUT2D eigenvalue weighted by Gasteiger charge is 2.07. The first-order chi connectivity index (χ1) is 14.2. The van der Waals surface area contributed by atoms with Crippen molar-refractivity contribution in [3.8, 4) is 5.69 Å². The van der Waals surface area contributed by atoms with E-state index < -0.39 is 0 Å². The van der Waals surface area contributed by atoms with Crippen molar-refractivity contribution in [3.63, 3.8) is 0 Å². The summed E-state index contributed by atoms with van der Waals surface area (Å²) in [7, 11) is 0. The van der Waals surface area contributed by atoms with Crippen molar-refractivity contribution < 1.29 is 9.21 Å². The van der Waals surface area contributed by atoms with E-state index in [1.54, 1.807) is 29.3 Å². The average Bonchev–Trinajstić information content (AvgIpc) is 3.40. The Morgan fingerprint density at radius 1 is 1.10 bits per heavy atom. The monoisotopic (exact) mass is 386 g/mol. The van der Waals surface area contributed by atoms with E-state index in [1.807, 2.05) is 30.3 Å². The zero-order valence-electron chi connectivity index (χ0n) is 16.2. The molecule has 4 rings (SSSR count). The van der Waals surface area contributed by atoms with E-state index in [4.69, 9.17) is 4.42 Å². The Balaban J connectivity index is 1.48. The van der Waals surface area contributed by atoms with Gasteiger partial charge in [-0.2, -0.15) is 4.80 Å². The molecule has 0 saturated carbocycles. The standard InChI is InChI=1S/C23H22N4O2/c1-2-3-5-17-7-10-19(11-8-17)27-25-21-13-9-18(16-22(21)26-27)24-23(28)14-12-20-6-4-15-29-20/h4,6-16H,2-3,5H2,1H3,(H,24,28). The summed E-state index contributed by atoms with van der Waals surface area (Å²) in [5.74, 6) is 0.384. The number of furan rings is 1. The largest absolute Gasteiger partial charge is 0.465 e. The molecule has 0 atom stereocenters. The fourth-order valence-electron chi connectivity index (χ4n) is 3.01. The number of hydrogen-bond donors (Lipinski definition) is 1. The zero-order valence-corrected chi connectivity index (χ0v) is 16.2. The van der Waals surface area contributed by atoms with Crippen molar-refractivity contribution in [1.82, 2.24) is 15.0 Å². The van der Waals surface area contributed by atoms with E-state index in [9.17, 15) is 4.79 Å². The van der Waals surface area contributed by atoms with Crippen molar-refractivity contribution in [1.29, 1.82) is 0 Å². The molecule has 2 aromatic heterocycles. The lowest BCUT2D eigenvalue weighted by molar-refractivity contribution is -0.111. The molecule has 0 aliphatic heterocycles. The summed E-state index contributed by atoms with van der Waals surface area (Å²) in [5, 5.41) is 11.9. The van der Waals surface area contributed by atoms with Gasteiger partial charge in [-0.25, -0.2) is 0 Å². The average molecular weight is 386 g/mol. The molecule has 2 heterocycles. The third-order valence-corrected chi connectivity index (χ3v) is 4.58. The smallest absolute Gasteiger partial charge is 0.248 e. The van der Waals surface area contributed by atoms with Gasteiger partial charge in [-0.15, -0.1) is 10.2 Å². The second-order valence-corrected chi connectivity index (χ2v) is 6.80. The van der Waals surface area contributed by atoms with E-state index in [0.29, 0.717) is 17.0 Å². The summed E-state index contributed by atoms with van der Waals surface area (Å²) >= 11 is 0. The van der Waals surface area contributed by atoms with Crippen molar-refractivity contribution >= 4 is 28.7 Å². The molecule has 0 aliphatic rings. The Morgan fingerprint density at radius 3 is 2.69 bits per heavy atom. The van der Waals surface area contributed by atoms with Gasteiger partial charge in [0.1, 0.15) is 16.8 Å². The molecule has 0 radical (unpaired) electrons. The second-order valence-electron chi connectivity index (χ2n) is 6.80. The molecule has 1 amide bonds. The zero-order chi connectivity index (χ0) is 20.1. The number of anilines is 1. The first-order valence-corrected chi connectivity index (χ1v) is 9.70. The molecule has 6 heteroatoms. The number of fused-ring (bicyclic) bond motifs is 1. The highest BCUT2D eigenvalue weighted by Crippen LogP contribution is 2.18. The van der Waals surface area contributed by atoms with Crippen LogP contribution in [0.1, 0.15) is 31.1 Å². The van der Waals surface area contributed by atoms with Gasteiger partial charge in [-0.05, 0) is 66.9 Å². The summed E-state index contributed by atoms with van der Waals surface area (Å²) in [6.07, 6.45) is 8.07. The van der Waals surface area contributed by atoms with E-state index in [1.165, 1.54) is 24.5 Å². The molecule has 6 nitrogen and oxygen atoms in total. The summed E-state index contributed by atoms with van der Waals surface area (Å²) in [6.45, 7) is 2.19. The van der Waals surface area contributed by atoms with Crippen molar-refractivity contribution in [2.75, 3.05) is 5.32 Å². The van der Waals surface area contributed by atoms with E-state index in [2.05, 4.69) is 34.6 Å². The number of unbranched alkanes of at least 4 members (excludes halogenated alkanes) is 1. The molecular formula is C23H22N4O2. The van der Waals surface area contributed by atoms with E-state index in [0.717, 1.165) is 17.6 Å². The minimum Gasteiger partial charge on any atom is -0.465 e. The predicted octanol–water partition coefficient (Wildman–Crippen LogP) is 5.01. The van der Waals surface area contributed by atoms with Gasteiger partial charge < -0.3 is 9.73 Å². The first kappa shape index (κ1) is 18.7. The SMILES string of the molecule is CCCCc1ccc(-n2nc3ccc(NC(=O)C=Cc4ccco4)cc3n2)cc1. The number of carbonyl (C=O) groups excluding carboxylic acids is 1. The van der Waals surface area contributed by atoms with Gasteiger partial charge >= 0.3 is 0 Å². The summed E-state index contributed by atoms with van der Waals surface area (Å²) < 4.78 is 5.18. The second kappa shape index (κ2) is 8.56. The normalized spacial score (nSPS) is 11.3. The van der Waals surface area contributed by atoms with Crippen molar-refractivity contribution in [2.45, 2.75) is 26.2 Å². The third kappa shape index (κ3) is 4.60. The van der Waals surface area contributed by atoms with E-state index in [-0.39, 0.29) is 5.91 Å². The van der Waals surface area contributed by atoms with Crippen LogP contribution in [0.3, 0.4) is 0 Å². The van der Waals surface area contributed by atoms with Crippen LogP contribution in [0.15, 0.2) is 71.4 Å². The van der Waals surface area contributed by atoms with Gasteiger partial charge in [0.15, 0.2) is 0 Å². The maximum Gasteiger partial charge on any atom is 0.248 e. The van der Waals surface area contributed by atoms with Gasteiger partial charge in [0, 0.05) is 11.8 Å². The van der Waals surface area contributed by atoms with Gasteiger partial charge in [0.2, 0.25) is 5.91 Å². The van der Waals surface area contributed by atoms with Crippen LogP contribution in [0.25, 0.3) is 22.8 Å². The lowest BCUT2D eigenvalue weighted by atomic mass is 10.1. The van der Waals surface area contributed by atoms with Crippen molar-refractivity contribution in [2.24, 2.45) is 0 Å². The molecule has 0 spiro atoms. The predicted molar refractivity (Wildman–Crippen MR) is 114 cm³/mol. The van der Waals surface area contributed by atoms with Crippen LogP contribution in [-0.4, -0.2) is 20.9 Å². The van der Waals surface area contributed by atoms with E-state index >= 15 is 0 Å². The quantitative estimate of drug-likeness (QED) is 0.453. The fourth-order valence-corrected chi connectivity index (χ4v) is 3.01. The van der Waals surface area contributed by atoms with Gasteiger partial charge in [-0.3, -0.25) is 4.79 Å². The van der Waals surface area contributed by atoms with Gasteiger partial charge in [0.25, 0.3) is 0 Å². The number of rotatable bonds is 7. The molecule has 2 aromatic carbocycles. The molecular weight excluding hydrogens is 364 g/mol. The number of nitrogens with zero attached hydrogens (tertiary/aromatic N) is 3. The van der Waals surface area contributed by atoms with Crippen LogP contribution >= 0.6 is 0 Å². The molecule has 0 fully saturated rings. The maximum absolute atomic E-state index is 12.1. The molecule has 0 saturated heterocycles. The van der Waals surface area contributed by atoms with Gasteiger partial charge in [0.05, 0.1) is 12.0 Å². The molecule has 146 valence electrons.